The number of amides is 1. The van der Waals surface area contributed by atoms with Crippen molar-refractivity contribution in [3.05, 3.63) is 60.2 Å². The lowest BCUT2D eigenvalue weighted by Gasteiger charge is -2.11. The number of nitrogens with one attached hydrogen (secondary N) is 2. The van der Waals surface area contributed by atoms with Crippen LogP contribution >= 0.6 is 12.2 Å². The van der Waals surface area contributed by atoms with Gasteiger partial charge < -0.3 is 20.1 Å². The van der Waals surface area contributed by atoms with Crippen LogP contribution in [-0.2, 0) is 9.53 Å². The number of esters is 1. The van der Waals surface area contributed by atoms with Crippen LogP contribution in [0.5, 0.6) is 5.75 Å². The van der Waals surface area contributed by atoms with Gasteiger partial charge in [0.1, 0.15) is 5.75 Å². The summed E-state index contributed by atoms with van der Waals surface area (Å²) >= 11 is 5.14. The van der Waals surface area contributed by atoms with Gasteiger partial charge in [0.05, 0.1) is 18.3 Å². The van der Waals surface area contributed by atoms with Crippen molar-refractivity contribution in [2.45, 2.75) is 32.8 Å². The number of hydrogen-bond donors (Lipinski definition) is 2. The summed E-state index contributed by atoms with van der Waals surface area (Å²) in [6.45, 7) is 4.04. The molecule has 7 heteroatoms. The highest BCUT2D eigenvalue weighted by atomic mass is 32.1. The number of benzene rings is 2. The Morgan fingerprint density at radius 2 is 1.71 bits per heavy atom. The minimum Gasteiger partial charge on any atom is -0.494 e. The van der Waals surface area contributed by atoms with Crippen molar-refractivity contribution in [3.63, 3.8) is 0 Å². The molecule has 0 heterocycles. The number of thiocarbonyl (C=S) groups is 1. The molecule has 0 aromatic heterocycles. The smallest absolute Gasteiger partial charge is 0.338 e. The molecule has 0 atom stereocenters. The Hall–Kier alpha value is -2.93. The monoisotopic (exact) mass is 400 g/mol. The van der Waals surface area contributed by atoms with Crippen LogP contribution in [0.3, 0.4) is 0 Å². The topological polar surface area (TPSA) is 76.7 Å². The summed E-state index contributed by atoms with van der Waals surface area (Å²) in [4.78, 5) is 23.8. The molecule has 0 aliphatic carbocycles. The standard InChI is InChI=1S/C21H24N2O4S/c1-15(2)27-20(25)16-10-12-17(13-11-16)22-21(28)23-19(24)9-6-14-26-18-7-4-3-5-8-18/h3-5,7-8,10-13,15H,6,9,14H2,1-2H3,(H2,22,23,24,28). The average molecular weight is 401 g/mol. The summed E-state index contributed by atoms with van der Waals surface area (Å²) in [5.41, 5.74) is 1.12. The van der Waals surface area contributed by atoms with E-state index in [2.05, 4.69) is 10.6 Å². The number of hydrogen-bond acceptors (Lipinski definition) is 5. The van der Waals surface area contributed by atoms with Crippen LogP contribution in [0.1, 0.15) is 37.0 Å². The Labute approximate surface area is 170 Å². The Morgan fingerprint density at radius 3 is 2.36 bits per heavy atom. The minimum absolute atomic E-state index is 0.175. The van der Waals surface area contributed by atoms with Gasteiger partial charge in [-0.25, -0.2) is 4.79 Å². The van der Waals surface area contributed by atoms with Crippen LogP contribution in [0.2, 0.25) is 0 Å². The maximum absolute atomic E-state index is 11.9. The van der Waals surface area contributed by atoms with Crippen molar-refractivity contribution in [1.82, 2.24) is 5.32 Å². The second-order valence-corrected chi connectivity index (χ2v) is 6.71. The fourth-order valence-electron chi connectivity index (χ4n) is 2.26. The highest BCUT2D eigenvalue weighted by Crippen LogP contribution is 2.12. The second-order valence-electron chi connectivity index (χ2n) is 6.30. The Morgan fingerprint density at radius 1 is 1.04 bits per heavy atom. The first-order valence-electron chi connectivity index (χ1n) is 9.04. The predicted molar refractivity (Wildman–Crippen MR) is 113 cm³/mol. The molecule has 148 valence electrons. The molecule has 1 amide bonds. The van der Waals surface area contributed by atoms with E-state index < -0.39 is 0 Å². The van der Waals surface area contributed by atoms with E-state index in [0.29, 0.717) is 30.7 Å². The van der Waals surface area contributed by atoms with Crippen LogP contribution < -0.4 is 15.4 Å². The van der Waals surface area contributed by atoms with Gasteiger partial charge in [0, 0.05) is 12.1 Å². The molecule has 0 saturated carbocycles. The lowest BCUT2D eigenvalue weighted by Crippen LogP contribution is -2.34. The van der Waals surface area contributed by atoms with Crippen LogP contribution in [0, 0.1) is 0 Å². The van der Waals surface area contributed by atoms with Gasteiger partial charge in [0.15, 0.2) is 5.11 Å². The first-order chi connectivity index (χ1) is 13.4. The highest BCUT2D eigenvalue weighted by molar-refractivity contribution is 7.80. The van der Waals surface area contributed by atoms with E-state index in [0.717, 1.165) is 5.75 Å². The zero-order chi connectivity index (χ0) is 20.4. The van der Waals surface area contributed by atoms with Gasteiger partial charge >= 0.3 is 5.97 Å². The van der Waals surface area contributed by atoms with E-state index in [-0.39, 0.29) is 23.1 Å². The van der Waals surface area contributed by atoms with Gasteiger partial charge in [0.2, 0.25) is 5.91 Å². The van der Waals surface area contributed by atoms with Crippen molar-refractivity contribution < 1.29 is 19.1 Å². The number of rotatable bonds is 8. The molecule has 6 nitrogen and oxygen atoms in total. The summed E-state index contributed by atoms with van der Waals surface area (Å²) in [5, 5.41) is 5.74. The molecular weight excluding hydrogens is 376 g/mol. The molecular formula is C21H24N2O4S. The first kappa shape index (κ1) is 21.4. The summed E-state index contributed by atoms with van der Waals surface area (Å²) in [7, 11) is 0. The minimum atomic E-state index is -0.379. The average Bonchev–Trinajstić information content (AvgIpc) is 2.66. The summed E-state index contributed by atoms with van der Waals surface area (Å²) < 4.78 is 10.7. The van der Waals surface area contributed by atoms with Gasteiger partial charge in [-0.05, 0) is 68.9 Å². The first-order valence-corrected chi connectivity index (χ1v) is 9.44. The highest BCUT2D eigenvalue weighted by Gasteiger charge is 2.09. The van der Waals surface area contributed by atoms with Crippen molar-refractivity contribution in [3.8, 4) is 5.75 Å². The summed E-state index contributed by atoms with van der Waals surface area (Å²) in [6, 6.07) is 16.1. The number of carbonyl (C=O) groups excluding carboxylic acids is 2. The number of carbonyl (C=O) groups is 2. The molecule has 2 rings (SSSR count). The largest absolute Gasteiger partial charge is 0.494 e. The Bertz CT molecular complexity index is 792. The zero-order valence-corrected chi connectivity index (χ0v) is 16.8. The van der Waals surface area contributed by atoms with E-state index in [1.807, 2.05) is 30.3 Å². The molecule has 0 fully saturated rings. The van der Waals surface area contributed by atoms with Crippen molar-refractivity contribution in [2.75, 3.05) is 11.9 Å². The summed E-state index contributed by atoms with van der Waals surface area (Å²) in [6.07, 6.45) is 0.705. The Balaban J connectivity index is 1.69. The van der Waals surface area contributed by atoms with Crippen molar-refractivity contribution >= 4 is 34.9 Å². The van der Waals surface area contributed by atoms with Crippen LogP contribution in [0.25, 0.3) is 0 Å². The van der Waals surface area contributed by atoms with Gasteiger partial charge in [0.25, 0.3) is 0 Å². The van der Waals surface area contributed by atoms with Crippen LogP contribution in [-0.4, -0.2) is 29.7 Å². The van der Waals surface area contributed by atoms with Crippen molar-refractivity contribution in [2.24, 2.45) is 0 Å². The lowest BCUT2D eigenvalue weighted by molar-refractivity contribution is -0.119. The molecule has 2 N–H and O–H groups in total. The molecule has 0 bridgehead atoms. The number of para-hydroxylation sites is 1. The number of anilines is 1. The third-order valence-electron chi connectivity index (χ3n) is 3.53. The molecule has 0 aliphatic rings. The quantitative estimate of drug-likeness (QED) is 0.397. The third-order valence-corrected chi connectivity index (χ3v) is 3.74. The molecule has 0 spiro atoms. The predicted octanol–water partition coefficient (Wildman–Crippen LogP) is 3.92. The van der Waals surface area contributed by atoms with Crippen LogP contribution in [0.4, 0.5) is 5.69 Å². The van der Waals surface area contributed by atoms with Gasteiger partial charge in [-0.2, -0.15) is 0 Å². The zero-order valence-electron chi connectivity index (χ0n) is 15.9. The van der Waals surface area contributed by atoms with E-state index >= 15 is 0 Å². The fraction of sp³-hybridized carbons (Fsp3) is 0.286. The normalized spacial score (nSPS) is 10.2. The molecule has 2 aromatic carbocycles. The van der Waals surface area contributed by atoms with E-state index in [9.17, 15) is 9.59 Å². The fourth-order valence-corrected chi connectivity index (χ4v) is 2.49. The molecule has 0 saturated heterocycles. The maximum Gasteiger partial charge on any atom is 0.338 e. The second kappa shape index (κ2) is 11.0. The molecule has 0 radical (unpaired) electrons. The van der Waals surface area contributed by atoms with Crippen LogP contribution in [0.15, 0.2) is 54.6 Å². The molecule has 0 aliphatic heterocycles. The number of ether oxygens (including phenoxy) is 2. The van der Waals surface area contributed by atoms with E-state index in [4.69, 9.17) is 21.7 Å². The molecule has 2 aromatic rings. The van der Waals surface area contributed by atoms with Gasteiger partial charge in [-0.1, -0.05) is 18.2 Å². The van der Waals surface area contributed by atoms with E-state index in [1.165, 1.54) is 0 Å². The molecule has 0 unspecified atom stereocenters. The van der Waals surface area contributed by atoms with E-state index in [1.54, 1.807) is 38.1 Å². The van der Waals surface area contributed by atoms with Gasteiger partial charge in [-0.15, -0.1) is 0 Å². The maximum atomic E-state index is 11.9. The lowest BCUT2D eigenvalue weighted by atomic mass is 10.2. The third kappa shape index (κ3) is 7.75. The molecule has 28 heavy (non-hydrogen) atoms. The summed E-state index contributed by atoms with van der Waals surface area (Å²) in [5.74, 6) is 0.210. The Kier molecular flexibility index (Phi) is 8.42. The van der Waals surface area contributed by atoms with Crippen molar-refractivity contribution in [1.29, 1.82) is 0 Å². The van der Waals surface area contributed by atoms with Gasteiger partial charge in [-0.3, -0.25) is 4.79 Å². The SMILES string of the molecule is CC(C)OC(=O)c1ccc(NC(=S)NC(=O)CCCOc2ccccc2)cc1.